The Hall–Kier alpha value is -2.33. The lowest BCUT2D eigenvalue weighted by molar-refractivity contribution is -0.147. The summed E-state index contributed by atoms with van der Waals surface area (Å²) < 4.78 is 1.96. The van der Waals surface area contributed by atoms with E-state index in [1.54, 1.807) is 0 Å². The van der Waals surface area contributed by atoms with Crippen LogP contribution in [0.5, 0.6) is 0 Å². The monoisotopic (exact) mass is 358 g/mol. The van der Waals surface area contributed by atoms with Crippen molar-refractivity contribution in [1.29, 1.82) is 5.26 Å². The maximum atomic E-state index is 11.8. The molecule has 2 aliphatic heterocycles. The Labute approximate surface area is 153 Å². The number of piperidine rings is 1. The SMILES string of the molecule is CCn1cc(CN2CCC3(CC2)C[C@@H](C(=O)O)N(C(C)=O)C3)cc1C#N. The molecule has 1 spiro atoms. The quantitative estimate of drug-likeness (QED) is 0.884. The Balaban J connectivity index is 1.62. The van der Waals surface area contributed by atoms with E-state index in [0.717, 1.165) is 44.6 Å². The summed E-state index contributed by atoms with van der Waals surface area (Å²) in [6, 6.07) is 3.49. The van der Waals surface area contributed by atoms with Crippen molar-refractivity contribution in [3.8, 4) is 6.07 Å². The van der Waals surface area contributed by atoms with Crippen molar-refractivity contribution in [3.05, 3.63) is 23.5 Å². The van der Waals surface area contributed by atoms with E-state index in [2.05, 4.69) is 11.0 Å². The number of amides is 1. The fourth-order valence-corrected chi connectivity index (χ4v) is 4.42. The van der Waals surface area contributed by atoms with Gasteiger partial charge in [-0.3, -0.25) is 9.69 Å². The molecule has 3 rings (SSSR count). The molecule has 0 aliphatic carbocycles. The van der Waals surface area contributed by atoms with E-state index in [1.807, 2.05) is 23.8 Å². The van der Waals surface area contributed by atoms with Gasteiger partial charge in [-0.25, -0.2) is 4.79 Å². The number of carbonyl (C=O) groups is 2. The Bertz CT molecular complexity index is 716. The molecule has 7 heteroatoms. The second-order valence-electron chi connectivity index (χ2n) is 7.61. The van der Waals surface area contributed by atoms with Gasteiger partial charge in [0.15, 0.2) is 0 Å². The number of likely N-dealkylation sites (tertiary alicyclic amines) is 2. The van der Waals surface area contributed by atoms with Crippen LogP contribution in [0, 0.1) is 16.7 Å². The molecule has 2 saturated heterocycles. The van der Waals surface area contributed by atoms with Crippen molar-refractivity contribution in [2.75, 3.05) is 19.6 Å². The van der Waals surface area contributed by atoms with Crippen LogP contribution in [-0.2, 0) is 22.7 Å². The topological polar surface area (TPSA) is 89.6 Å². The van der Waals surface area contributed by atoms with Gasteiger partial charge in [0.25, 0.3) is 0 Å². The van der Waals surface area contributed by atoms with Crippen molar-refractivity contribution >= 4 is 11.9 Å². The number of carbonyl (C=O) groups excluding carboxylic acids is 1. The normalized spacial score (nSPS) is 22.5. The zero-order valence-electron chi connectivity index (χ0n) is 15.4. The van der Waals surface area contributed by atoms with E-state index >= 15 is 0 Å². The lowest BCUT2D eigenvalue weighted by Crippen LogP contribution is -2.42. The number of aryl methyl sites for hydroxylation is 1. The summed E-state index contributed by atoms with van der Waals surface area (Å²) in [5.41, 5.74) is 1.76. The Kier molecular flexibility index (Phi) is 5.05. The van der Waals surface area contributed by atoms with Gasteiger partial charge in [0.05, 0.1) is 0 Å². The molecule has 1 aromatic rings. The van der Waals surface area contributed by atoms with Gasteiger partial charge >= 0.3 is 5.97 Å². The van der Waals surface area contributed by atoms with Gasteiger partial charge in [0.1, 0.15) is 17.8 Å². The molecule has 1 amide bonds. The van der Waals surface area contributed by atoms with Crippen LogP contribution < -0.4 is 0 Å². The van der Waals surface area contributed by atoms with Crippen LogP contribution in [-0.4, -0.2) is 57.0 Å². The molecule has 1 atom stereocenters. The minimum atomic E-state index is -0.899. The van der Waals surface area contributed by atoms with Crippen LogP contribution >= 0.6 is 0 Å². The van der Waals surface area contributed by atoms with Crippen LogP contribution in [0.3, 0.4) is 0 Å². The van der Waals surface area contributed by atoms with Crippen LogP contribution in [0.15, 0.2) is 12.3 Å². The molecular weight excluding hydrogens is 332 g/mol. The number of carboxylic acid groups (broad SMARTS) is 1. The summed E-state index contributed by atoms with van der Waals surface area (Å²) in [5.74, 6) is -1.05. The van der Waals surface area contributed by atoms with Crippen LogP contribution in [0.2, 0.25) is 0 Å². The highest BCUT2D eigenvalue weighted by Gasteiger charge is 2.49. The predicted molar refractivity (Wildman–Crippen MR) is 95.2 cm³/mol. The fraction of sp³-hybridized carbons (Fsp3) is 0.632. The summed E-state index contributed by atoms with van der Waals surface area (Å²) in [6.07, 6.45) is 4.40. The number of aromatic nitrogens is 1. The number of rotatable bonds is 4. The van der Waals surface area contributed by atoms with Crippen molar-refractivity contribution in [2.24, 2.45) is 5.41 Å². The van der Waals surface area contributed by atoms with Crippen molar-refractivity contribution in [1.82, 2.24) is 14.4 Å². The minimum absolute atomic E-state index is 0.0710. The Morgan fingerprint density at radius 3 is 2.54 bits per heavy atom. The summed E-state index contributed by atoms with van der Waals surface area (Å²) in [7, 11) is 0. The first-order valence-corrected chi connectivity index (χ1v) is 9.19. The second kappa shape index (κ2) is 7.12. The van der Waals surface area contributed by atoms with E-state index in [1.165, 1.54) is 11.8 Å². The number of hydrogen-bond donors (Lipinski definition) is 1. The van der Waals surface area contributed by atoms with E-state index in [9.17, 15) is 20.0 Å². The molecular formula is C19H26N4O3. The summed E-state index contributed by atoms with van der Waals surface area (Å²) in [4.78, 5) is 27.2. The zero-order chi connectivity index (χ0) is 18.9. The fourth-order valence-electron chi connectivity index (χ4n) is 4.42. The van der Waals surface area contributed by atoms with Gasteiger partial charge in [-0.1, -0.05) is 0 Å². The van der Waals surface area contributed by atoms with Crippen LogP contribution in [0.1, 0.15) is 44.4 Å². The van der Waals surface area contributed by atoms with Gasteiger partial charge in [-0.2, -0.15) is 5.26 Å². The number of hydrogen-bond acceptors (Lipinski definition) is 4. The predicted octanol–water partition coefficient (Wildman–Crippen LogP) is 1.67. The molecule has 0 aromatic carbocycles. The van der Waals surface area contributed by atoms with Crippen molar-refractivity contribution in [2.45, 2.75) is 52.2 Å². The standard InChI is InChI=1S/C19H26N4O3/c1-3-22-12-15(8-16(22)10-20)11-21-6-4-19(5-7-21)9-17(18(25)26)23(13-19)14(2)24/h8,12,17H,3-7,9,11,13H2,1-2H3,(H,25,26)/t17-/m0/s1. The van der Waals surface area contributed by atoms with Crippen LogP contribution in [0.4, 0.5) is 0 Å². The summed E-state index contributed by atoms with van der Waals surface area (Å²) in [6.45, 7) is 7.39. The third-order valence-electron chi connectivity index (χ3n) is 5.93. The van der Waals surface area contributed by atoms with Gasteiger partial charge in [-0.15, -0.1) is 0 Å². The first-order chi connectivity index (χ1) is 12.4. The Morgan fingerprint density at radius 2 is 2.08 bits per heavy atom. The number of nitrogens with zero attached hydrogens (tertiary/aromatic N) is 4. The van der Waals surface area contributed by atoms with Crippen molar-refractivity contribution in [3.63, 3.8) is 0 Å². The van der Waals surface area contributed by atoms with Gasteiger partial charge < -0.3 is 14.6 Å². The Morgan fingerprint density at radius 1 is 1.38 bits per heavy atom. The minimum Gasteiger partial charge on any atom is -0.480 e. The van der Waals surface area contributed by atoms with E-state index in [4.69, 9.17) is 0 Å². The second-order valence-corrected chi connectivity index (χ2v) is 7.61. The molecule has 0 saturated carbocycles. The van der Waals surface area contributed by atoms with E-state index in [-0.39, 0.29) is 11.3 Å². The molecule has 2 aliphatic rings. The lowest BCUT2D eigenvalue weighted by Gasteiger charge is -2.39. The van der Waals surface area contributed by atoms with Gasteiger partial charge in [0.2, 0.25) is 5.91 Å². The number of nitriles is 1. The molecule has 26 heavy (non-hydrogen) atoms. The van der Waals surface area contributed by atoms with Crippen LogP contribution in [0.25, 0.3) is 0 Å². The molecule has 0 unspecified atom stereocenters. The number of carboxylic acids is 1. The van der Waals surface area contributed by atoms with Gasteiger partial charge in [0, 0.05) is 32.8 Å². The third-order valence-corrected chi connectivity index (χ3v) is 5.93. The van der Waals surface area contributed by atoms with Gasteiger partial charge in [-0.05, 0) is 56.3 Å². The molecule has 140 valence electrons. The first-order valence-electron chi connectivity index (χ1n) is 9.19. The smallest absolute Gasteiger partial charge is 0.326 e. The molecule has 7 nitrogen and oxygen atoms in total. The zero-order valence-corrected chi connectivity index (χ0v) is 15.4. The molecule has 0 radical (unpaired) electrons. The highest BCUT2D eigenvalue weighted by atomic mass is 16.4. The molecule has 3 heterocycles. The largest absolute Gasteiger partial charge is 0.480 e. The van der Waals surface area contributed by atoms with E-state index in [0.29, 0.717) is 18.7 Å². The molecule has 2 fully saturated rings. The number of aliphatic carboxylic acids is 1. The average molecular weight is 358 g/mol. The first kappa shape index (κ1) is 18.5. The highest BCUT2D eigenvalue weighted by molar-refractivity contribution is 5.83. The maximum Gasteiger partial charge on any atom is 0.326 e. The summed E-state index contributed by atoms with van der Waals surface area (Å²) in [5, 5.41) is 18.6. The maximum absolute atomic E-state index is 11.8. The third kappa shape index (κ3) is 3.47. The molecule has 1 aromatic heterocycles. The summed E-state index contributed by atoms with van der Waals surface area (Å²) >= 11 is 0. The van der Waals surface area contributed by atoms with Crippen molar-refractivity contribution < 1.29 is 14.7 Å². The van der Waals surface area contributed by atoms with E-state index < -0.39 is 12.0 Å². The highest BCUT2D eigenvalue weighted by Crippen LogP contribution is 2.43. The average Bonchev–Trinajstić information content (AvgIpc) is 3.19. The molecule has 0 bridgehead atoms. The molecule has 1 N–H and O–H groups in total. The lowest BCUT2D eigenvalue weighted by atomic mass is 9.76.